The molecule has 0 aromatic carbocycles. The number of alkyl halides is 3. The van der Waals surface area contributed by atoms with E-state index in [-0.39, 0.29) is 48.2 Å². The molecule has 0 radical (unpaired) electrons. The Morgan fingerprint density at radius 2 is 1.96 bits per heavy atom. The van der Waals surface area contributed by atoms with E-state index in [9.17, 15) is 22.8 Å². The fourth-order valence-electron chi connectivity index (χ4n) is 2.39. The molecular formula is C14H20F3N3O2S. The number of carbonyl (C=O) groups is 2. The second-order valence-electron chi connectivity index (χ2n) is 5.24. The fraction of sp³-hybridized carbons (Fsp3) is 0.643. The quantitative estimate of drug-likeness (QED) is 0.606. The Morgan fingerprint density at radius 1 is 1.35 bits per heavy atom. The minimum absolute atomic E-state index is 0.0501. The van der Waals surface area contributed by atoms with Gasteiger partial charge in [0.2, 0.25) is 5.91 Å². The topological polar surface area (TPSA) is 64.0 Å². The first-order valence-corrected chi connectivity index (χ1v) is 8.05. The lowest BCUT2D eigenvalue weighted by Crippen LogP contribution is -2.28. The summed E-state index contributed by atoms with van der Waals surface area (Å²) in [6.45, 7) is 6.66. The number of thioether (sulfide) groups is 1. The molecule has 1 unspecified atom stereocenters. The van der Waals surface area contributed by atoms with Crippen LogP contribution in [0.15, 0.2) is 0 Å². The van der Waals surface area contributed by atoms with Gasteiger partial charge in [-0.2, -0.15) is 18.3 Å². The van der Waals surface area contributed by atoms with E-state index in [1.54, 1.807) is 25.5 Å². The van der Waals surface area contributed by atoms with Crippen molar-refractivity contribution < 1.29 is 22.8 Å². The monoisotopic (exact) mass is 351 g/mol. The minimum Gasteiger partial charge on any atom is -0.355 e. The maximum Gasteiger partial charge on any atom is 0.441 e. The average Bonchev–Trinajstić information content (AvgIpc) is 2.69. The van der Waals surface area contributed by atoms with Crippen LogP contribution in [0.2, 0.25) is 0 Å². The number of aryl methyl sites for hydroxylation is 1. The van der Waals surface area contributed by atoms with Crippen molar-refractivity contribution in [2.75, 3.05) is 12.3 Å². The highest BCUT2D eigenvalue weighted by molar-refractivity contribution is 8.00. The van der Waals surface area contributed by atoms with Gasteiger partial charge in [-0.1, -0.05) is 0 Å². The molecule has 1 aromatic heterocycles. The summed E-state index contributed by atoms with van der Waals surface area (Å²) in [5.41, 5.74) is -2.46. The van der Waals surface area contributed by atoms with Gasteiger partial charge in [0.1, 0.15) is 0 Å². The van der Waals surface area contributed by atoms with Crippen molar-refractivity contribution in [3.63, 3.8) is 0 Å². The number of hydrogen-bond acceptors (Lipinski definition) is 4. The highest BCUT2D eigenvalue weighted by atomic mass is 32.2. The van der Waals surface area contributed by atoms with E-state index in [2.05, 4.69) is 10.4 Å². The van der Waals surface area contributed by atoms with Crippen LogP contribution in [-0.4, -0.2) is 39.3 Å². The number of Topliss-reactive ketones (excluding diaryl/α,β-unsaturated/α-hetero) is 1. The van der Waals surface area contributed by atoms with E-state index in [0.29, 0.717) is 17.0 Å². The van der Waals surface area contributed by atoms with E-state index in [0.717, 1.165) is 0 Å². The van der Waals surface area contributed by atoms with Gasteiger partial charge in [-0.25, -0.2) is 0 Å². The van der Waals surface area contributed by atoms with E-state index < -0.39 is 5.51 Å². The van der Waals surface area contributed by atoms with Gasteiger partial charge >= 0.3 is 5.51 Å². The summed E-state index contributed by atoms with van der Waals surface area (Å²) in [6.07, 6.45) is 0.0794. The van der Waals surface area contributed by atoms with Gasteiger partial charge in [-0.05, 0) is 39.5 Å². The molecule has 0 aliphatic heterocycles. The molecule has 1 atom stereocenters. The summed E-state index contributed by atoms with van der Waals surface area (Å²) in [4.78, 5) is 23.4. The average molecular weight is 351 g/mol. The van der Waals surface area contributed by atoms with E-state index in [1.165, 1.54) is 6.92 Å². The molecule has 1 aromatic rings. The third kappa shape index (κ3) is 5.89. The van der Waals surface area contributed by atoms with E-state index in [4.69, 9.17) is 0 Å². The van der Waals surface area contributed by atoms with Crippen LogP contribution in [-0.2, 0) is 4.79 Å². The first kappa shape index (κ1) is 19.5. The Morgan fingerprint density at radius 3 is 2.43 bits per heavy atom. The largest absolute Gasteiger partial charge is 0.441 e. The number of amides is 1. The second-order valence-corrected chi connectivity index (χ2v) is 6.40. The SMILES string of the molecule is CC(=O)c1c(C)nn(C(C)CC(=O)NCCSC(F)(F)F)c1C. The fourth-order valence-corrected chi connectivity index (χ4v) is 2.82. The van der Waals surface area contributed by atoms with Gasteiger partial charge < -0.3 is 5.32 Å². The smallest absolute Gasteiger partial charge is 0.355 e. The number of nitrogens with one attached hydrogen (secondary N) is 1. The number of ketones is 1. The molecule has 0 aliphatic carbocycles. The molecule has 0 saturated carbocycles. The van der Waals surface area contributed by atoms with Crippen LogP contribution in [0, 0.1) is 13.8 Å². The molecule has 0 saturated heterocycles. The zero-order chi connectivity index (χ0) is 17.8. The van der Waals surface area contributed by atoms with Gasteiger partial charge in [0.15, 0.2) is 5.78 Å². The molecule has 130 valence electrons. The normalized spacial score (nSPS) is 13.0. The van der Waals surface area contributed by atoms with Crippen molar-refractivity contribution >= 4 is 23.5 Å². The highest BCUT2D eigenvalue weighted by Gasteiger charge is 2.27. The van der Waals surface area contributed by atoms with E-state index >= 15 is 0 Å². The Balaban J connectivity index is 2.56. The second kappa shape index (κ2) is 7.85. The maximum atomic E-state index is 12.0. The lowest BCUT2D eigenvalue weighted by Gasteiger charge is -2.14. The summed E-state index contributed by atoms with van der Waals surface area (Å²) >= 11 is -0.168. The Kier molecular flexibility index (Phi) is 6.67. The maximum absolute atomic E-state index is 12.0. The molecule has 0 aliphatic rings. The Bertz CT molecular complexity index is 585. The van der Waals surface area contributed by atoms with Crippen molar-refractivity contribution in [3.8, 4) is 0 Å². The standard InChI is InChI=1S/C14H20F3N3O2S/c1-8(7-12(22)18-5-6-23-14(15,16)17)20-10(3)13(11(4)21)9(2)19-20/h8H,5-7H2,1-4H3,(H,18,22). The van der Waals surface area contributed by atoms with Crippen molar-refractivity contribution in [1.82, 2.24) is 15.1 Å². The van der Waals surface area contributed by atoms with Gasteiger partial charge in [0.25, 0.3) is 0 Å². The predicted molar refractivity (Wildman–Crippen MR) is 82.6 cm³/mol. The first-order valence-electron chi connectivity index (χ1n) is 7.07. The molecule has 0 bridgehead atoms. The molecule has 1 rings (SSSR count). The van der Waals surface area contributed by atoms with Crippen molar-refractivity contribution in [2.45, 2.75) is 45.7 Å². The number of nitrogens with zero attached hydrogens (tertiary/aromatic N) is 2. The van der Waals surface area contributed by atoms with Crippen LogP contribution in [0.5, 0.6) is 0 Å². The van der Waals surface area contributed by atoms with Gasteiger partial charge in [-0.3, -0.25) is 14.3 Å². The highest BCUT2D eigenvalue weighted by Crippen LogP contribution is 2.29. The number of rotatable bonds is 7. The van der Waals surface area contributed by atoms with Crippen LogP contribution >= 0.6 is 11.8 Å². The molecule has 0 spiro atoms. The molecule has 1 heterocycles. The molecule has 1 N–H and O–H groups in total. The van der Waals surface area contributed by atoms with Crippen LogP contribution in [0.4, 0.5) is 13.2 Å². The molecular weight excluding hydrogens is 331 g/mol. The number of aromatic nitrogens is 2. The van der Waals surface area contributed by atoms with Crippen LogP contribution in [0.3, 0.4) is 0 Å². The summed E-state index contributed by atoms with van der Waals surface area (Å²) in [5.74, 6) is -0.665. The molecule has 1 amide bonds. The number of carbonyl (C=O) groups excluding carboxylic acids is 2. The lowest BCUT2D eigenvalue weighted by atomic mass is 10.1. The third-order valence-corrected chi connectivity index (χ3v) is 4.00. The van der Waals surface area contributed by atoms with Crippen LogP contribution in [0.1, 0.15) is 48.1 Å². The van der Waals surface area contributed by atoms with E-state index in [1.807, 2.05) is 0 Å². The lowest BCUT2D eigenvalue weighted by molar-refractivity contribution is -0.121. The number of hydrogen-bond donors (Lipinski definition) is 1. The van der Waals surface area contributed by atoms with Gasteiger partial charge in [0, 0.05) is 24.4 Å². The van der Waals surface area contributed by atoms with Crippen molar-refractivity contribution in [3.05, 3.63) is 17.0 Å². The molecule has 23 heavy (non-hydrogen) atoms. The summed E-state index contributed by atoms with van der Waals surface area (Å²) in [5, 5.41) is 6.73. The summed E-state index contributed by atoms with van der Waals surface area (Å²) < 4.78 is 37.5. The molecule has 9 heteroatoms. The number of halogens is 3. The molecule has 0 fully saturated rings. The summed E-state index contributed by atoms with van der Waals surface area (Å²) in [6, 6.07) is -0.294. The third-order valence-electron chi connectivity index (χ3n) is 3.27. The minimum atomic E-state index is -4.29. The van der Waals surface area contributed by atoms with Crippen molar-refractivity contribution in [2.24, 2.45) is 0 Å². The predicted octanol–water partition coefficient (Wildman–Crippen LogP) is 3.02. The molecule has 5 nitrogen and oxygen atoms in total. The zero-order valence-corrected chi connectivity index (χ0v) is 14.3. The van der Waals surface area contributed by atoms with Gasteiger partial charge in [-0.15, -0.1) is 0 Å². The first-order chi connectivity index (χ1) is 10.5. The van der Waals surface area contributed by atoms with Crippen LogP contribution < -0.4 is 5.32 Å². The Hall–Kier alpha value is -1.51. The van der Waals surface area contributed by atoms with Crippen LogP contribution in [0.25, 0.3) is 0 Å². The van der Waals surface area contributed by atoms with Gasteiger partial charge in [0.05, 0.1) is 17.3 Å². The summed E-state index contributed by atoms with van der Waals surface area (Å²) in [7, 11) is 0. The van der Waals surface area contributed by atoms with Crippen molar-refractivity contribution in [1.29, 1.82) is 0 Å². The zero-order valence-electron chi connectivity index (χ0n) is 13.5. The Labute approximate surface area is 137 Å².